The molecule has 2 aliphatic rings. The van der Waals surface area contributed by atoms with E-state index in [1.807, 2.05) is 35.2 Å². The lowest BCUT2D eigenvalue weighted by Crippen LogP contribution is -2.48. The molecular weight excluding hydrogens is 441 g/mol. The zero-order valence-electron chi connectivity index (χ0n) is 15.8. The van der Waals surface area contributed by atoms with Crippen LogP contribution < -0.4 is 15.5 Å². The Morgan fingerprint density at radius 1 is 1.35 bits per heavy atom. The molecular formula is C19H30IN5O. The summed E-state index contributed by atoms with van der Waals surface area (Å²) >= 11 is 0. The van der Waals surface area contributed by atoms with Crippen LogP contribution in [0.5, 0.6) is 0 Å². The number of hydrogen-bond acceptors (Lipinski definition) is 3. The summed E-state index contributed by atoms with van der Waals surface area (Å²) in [5, 5.41) is 6.79. The van der Waals surface area contributed by atoms with Crippen molar-refractivity contribution in [2.45, 2.75) is 44.3 Å². The lowest BCUT2D eigenvalue weighted by Gasteiger charge is -2.26. The molecule has 1 heterocycles. The quantitative estimate of drug-likeness (QED) is 0.379. The smallest absolute Gasteiger partial charge is 0.229 e. The Balaban J connectivity index is 0.00000243. The molecule has 1 aliphatic heterocycles. The number of aliphatic imine (C=N–C) groups is 1. The van der Waals surface area contributed by atoms with Crippen molar-refractivity contribution in [1.29, 1.82) is 0 Å². The summed E-state index contributed by atoms with van der Waals surface area (Å²) in [5.41, 5.74) is 0.958. The van der Waals surface area contributed by atoms with Gasteiger partial charge in [0.05, 0.1) is 6.04 Å². The molecule has 144 valence electrons. The van der Waals surface area contributed by atoms with Gasteiger partial charge in [-0.3, -0.25) is 14.7 Å². The van der Waals surface area contributed by atoms with Crippen molar-refractivity contribution < 1.29 is 4.79 Å². The lowest BCUT2D eigenvalue weighted by molar-refractivity contribution is -0.117. The summed E-state index contributed by atoms with van der Waals surface area (Å²) in [6.07, 6.45) is 3.12. The number of guanidine groups is 1. The number of nitrogens with zero attached hydrogens (tertiary/aromatic N) is 3. The second-order valence-electron chi connectivity index (χ2n) is 7.08. The minimum atomic E-state index is 0. The summed E-state index contributed by atoms with van der Waals surface area (Å²) in [7, 11) is 3.96. The van der Waals surface area contributed by atoms with Gasteiger partial charge in [-0.2, -0.15) is 0 Å². The molecule has 1 aromatic rings. The number of nitrogens with one attached hydrogen (secondary N) is 2. The predicted molar refractivity (Wildman–Crippen MR) is 117 cm³/mol. The average molecular weight is 471 g/mol. The highest BCUT2D eigenvalue weighted by Crippen LogP contribution is 2.26. The highest BCUT2D eigenvalue weighted by atomic mass is 127. The minimum absolute atomic E-state index is 0. The van der Waals surface area contributed by atoms with E-state index in [0.717, 1.165) is 24.2 Å². The first-order chi connectivity index (χ1) is 12.1. The fraction of sp³-hybridized carbons (Fsp3) is 0.579. The third kappa shape index (κ3) is 5.33. The van der Waals surface area contributed by atoms with Crippen LogP contribution in [-0.2, 0) is 4.79 Å². The highest BCUT2D eigenvalue weighted by Gasteiger charge is 2.31. The molecule has 2 N–H and O–H groups in total. The predicted octanol–water partition coefficient (Wildman–Crippen LogP) is 2.06. The van der Waals surface area contributed by atoms with Gasteiger partial charge in [-0.15, -0.1) is 24.0 Å². The summed E-state index contributed by atoms with van der Waals surface area (Å²) in [4.78, 5) is 20.9. The van der Waals surface area contributed by atoms with Gasteiger partial charge in [0.1, 0.15) is 0 Å². The molecule has 2 unspecified atom stereocenters. The first kappa shape index (κ1) is 21.0. The van der Waals surface area contributed by atoms with Gasteiger partial charge in [0.15, 0.2) is 5.96 Å². The zero-order valence-corrected chi connectivity index (χ0v) is 18.1. The summed E-state index contributed by atoms with van der Waals surface area (Å²) < 4.78 is 0. The molecule has 1 saturated carbocycles. The maximum absolute atomic E-state index is 12.3. The van der Waals surface area contributed by atoms with E-state index in [-0.39, 0.29) is 35.9 Å². The van der Waals surface area contributed by atoms with Crippen molar-refractivity contribution in [3.63, 3.8) is 0 Å². The Morgan fingerprint density at radius 3 is 2.65 bits per heavy atom. The second-order valence-corrected chi connectivity index (χ2v) is 7.08. The Kier molecular flexibility index (Phi) is 7.69. The monoisotopic (exact) mass is 471 g/mol. The molecule has 1 aromatic carbocycles. The molecule has 3 rings (SSSR count). The van der Waals surface area contributed by atoms with Crippen molar-refractivity contribution in [2.75, 3.05) is 32.1 Å². The average Bonchev–Trinajstić information content (AvgIpc) is 3.41. The maximum atomic E-state index is 12.3. The number of anilines is 1. The van der Waals surface area contributed by atoms with Crippen LogP contribution in [0.2, 0.25) is 0 Å². The molecule has 7 heteroatoms. The molecule has 0 bridgehead atoms. The van der Waals surface area contributed by atoms with E-state index < -0.39 is 0 Å². The molecule has 0 radical (unpaired) electrons. The van der Waals surface area contributed by atoms with E-state index in [1.54, 1.807) is 7.05 Å². The largest absolute Gasteiger partial charge is 0.355 e. The number of benzene rings is 1. The zero-order chi connectivity index (χ0) is 17.8. The van der Waals surface area contributed by atoms with Gasteiger partial charge in [-0.1, -0.05) is 18.2 Å². The van der Waals surface area contributed by atoms with Gasteiger partial charge in [-0.05, 0) is 38.9 Å². The van der Waals surface area contributed by atoms with Crippen LogP contribution in [0, 0.1) is 0 Å². The molecule has 1 saturated heterocycles. The Labute approximate surface area is 173 Å². The molecule has 26 heavy (non-hydrogen) atoms. The first-order valence-electron chi connectivity index (χ1n) is 9.13. The third-order valence-electron chi connectivity index (χ3n) is 5.14. The van der Waals surface area contributed by atoms with Gasteiger partial charge in [-0.25, -0.2) is 0 Å². The van der Waals surface area contributed by atoms with E-state index in [0.29, 0.717) is 19.0 Å². The molecule has 1 aliphatic carbocycles. The highest BCUT2D eigenvalue weighted by molar-refractivity contribution is 14.0. The Hall–Kier alpha value is -1.35. The number of halogens is 1. The van der Waals surface area contributed by atoms with E-state index in [1.165, 1.54) is 12.8 Å². The van der Waals surface area contributed by atoms with Crippen LogP contribution in [0.4, 0.5) is 5.69 Å². The number of carbonyl (C=O) groups excluding carboxylic acids is 1. The third-order valence-corrected chi connectivity index (χ3v) is 5.14. The molecule has 6 nitrogen and oxygen atoms in total. The van der Waals surface area contributed by atoms with Gasteiger partial charge in [0.25, 0.3) is 0 Å². The Bertz CT molecular complexity index is 620. The fourth-order valence-electron chi connectivity index (χ4n) is 3.28. The number of para-hydroxylation sites is 1. The first-order valence-corrected chi connectivity index (χ1v) is 9.13. The van der Waals surface area contributed by atoms with Gasteiger partial charge < -0.3 is 15.5 Å². The van der Waals surface area contributed by atoms with E-state index in [9.17, 15) is 4.79 Å². The van der Waals surface area contributed by atoms with Crippen LogP contribution in [0.25, 0.3) is 0 Å². The second kappa shape index (κ2) is 9.55. The molecule has 1 amide bonds. The van der Waals surface area contributed by atoms with E-state index in [4.69, 9.17) is 0 Å². The number of hydrogen-bond donors (Lipinski definition) is 2. The number of likely N-dealkylation sites (N-methyl/N-ethyl adjacent to an activating group) is 1. The summed E-state index contributed by atoms with van der Waals surface area (Å²) in [5.74, 6) is 0.921. The van der Waals surface area contributed by atoms with Gasteiger partial charge in [0.2, 0.25) is 5.91 Å². The minimum Gasteiger partial charge on any atom is -0.355 e. The van der Waals surface area contributed by atoms with Crippen LogP contribution >= 0.6 is 24.0 Å². The molecule has 0 spiro atoms. The summed E-state index contributed by atoms with van der Waals surface area (Å²) in [6.45, 7) is 3.74. The maximum Gasteiger partial charge on any atom is 0.229 e. The normalized spacial score (nSPS) is 21.5. The van der Waals surface area contributed by atoms with Gasteiger partial charge >= 0.3 is 0 Å². The van der Waals surface area contributed by atoms with Crippen LogP contribution in [0.3, 0.4) is 0 Å². The van der Waals surface area contributed by atoms with Gasteiger partial charge in [0, 0.05) is 44.3 Å². The lowest BCUT2D eigenvalue weighted by atomic mass is 10.2. The van der Waals surface area contributed by atoms with Crippen molar-refractivity contribution in [2.24, 2.45) is 4.99 Å². The Morgan fingerprint density at radius 2 is 2.04 bits per heavy atom. The number of rotatable bonds is 6. The van der Waals surface area contributed by atoms with Crippen LogP contribution in [-0.4, -0.2) is 62.1 Å². The standard InChI is InChI=1S/C19H29N5O.HI/c1-14(23(3)16-9-10-16)12-21-19(20-2)22-15-11-18(25)24(13-15)17-7-5-4-6-8-17;/h4-8,14-16H,9-13H2,1-3H3,(H2,20,21,22);1H. The number of amides is 1. The van der Waals surface area contributed by atoms with Crippen molar-refractivity contribution in [3.05, 3.63) is 30.3 Å². The number of carbonyl (C=O) groups is 1. The molecule has 2 atom stereocenters. The van der Waals surface area contributed by atoms with E-state index >= 15 is 0 Å². The van der Waals surface area contributed by atoms with Crippen molar-refractivity contribution in [1.82, 2.24) is 15.5 Å². The fourth-order valence-corrected chi connectivity index (χ4v) is 3.28. The van der Waals surface area contributed by atoms with Crippen LogP contribution in [0.15, 0.2) is 35.3 Å². The molecule has 0 aromatic heterocycles. The van der Waals surface area contributed by atoms with Crippen molar-refractivity contribution in [3.8, 4) is 0 Å². The SMILES string of the molecule is CN=C(NCC(C)N(C)C1CC1)NC1CC(=O)N(c2ccccc2)C1.I. The van der Waals surface area contributed by atoms with Crippen LogP contribution in [0.1, 0.15) is 26.2 Å². The van der Waals surface area contributed by atoms with Crippen molar-refractivity contribution >= 4 is 41.5 Å². The van der Waals surface area contributed by atoms with E-state index in [2.05, 4.69) is 34.5 Å². The topological polar surface area (TPSA) is 60.0 Å². The summed E-state index contributed by atoms with van der Waals surface area (Å²) in [6, 6.07) is 11.1. The molecule has 2 fully saturated rings.